The van der Waals surface area contributed by atoms with Gasteiger partial charge in [0.2, 0.25) is 4.80 Å². The van der Waals surface area contributed by atoms with Gasteiger partial charge in [0.25, 0.3) is 0 Å². The lowest BCUT2D eigenvalue weighted by Crippen LogP contribution is -2.14. The van der Waals surface area contributed by atoms with Crippen molar-refractivity contribution in [1.82, 2.24) is 9.66 Å². The minimum absolute atomic E-state index is 0.105. The Hall–Kier alpha value is -3.13. The summed E-state index contributed by atoms with van der Waals surface area (Å²) in [7, 11) is 0. The van der Waals surface area contributed by atoms with Crippen LogP contribution in [0.4, 0.5) is 8.78 Å². The number of nitrogens with zero attached hydrogens (tertiary/aromatic N) is 4. The molecule has 0 aliphatic rings. The Kier molecular flexibility index (Phi) is 6.44. The summed E-state index contributed by atoms with van der Waals surface area (Å²) in [5.74, 6) is 0.105. The van der Waals surface area contributed by atoms with Crippen molar-refractivity contribution in [3.05, 3.63) is 77.2 Å². The van der Waals surface area contributed by atoms with Crippen LogP contribution in [0.3, 0.4) is 0 Å². The highest BCUT2D eigenvalue weighted by molar-refractivity contribution is 7.07. The zero-order chi connectivity index (χ0) is 19.9. The van der Waals surface area contributed by atoms with Crippen molar-refractivity contribution >= 4 is 17.0 Å². The molecule has 144 valence electrons. The van der Waals surface area contributed by atoms with Crippen LogP contribution in [0, 0.1) is 0 Å². The highest BCUT2D eigenvalue weighted by Gasteiger charge is 2.10. The molecule has 28 heavy (non-hydrogen) atoms. The van der Waals surface area contributed by atoms with E-state index in [1.165, 1.54) is 23.5 Å². The summed E-state index contributed by atoms with van der Waals surface area (Å²) >= 11 is 1.44. The molecule has 0 N–H and O–H groups in total. The maximum atomic E-state index is 12.4. The second kappa shape index (κ2) is 9.18. The molecule has 3 aromatic rings. The van der Waals surface area contributed by atoms with E-state index in [0.717, 1.165) is 22.5 Å². The first-order valence-electron chi connectivity index (χ1n) is 8.41. The monoisotopic (exact) mass is 400 g/mol. The van der Waals surface area contributed by atoms with E-state index < -0.39 is 6.61 Å². The number of hydrogen-bond acceptors (Lipinski definition) is 5. The van der Waals surface area contributed by atoms with E-state index >= 15 is 0 Å². The number of halogens is 2. The number of alkyl halides is 2. The smallest absolute Gasteiger partial charge is 0.387 e. The Bertz CT molecular complexity index is 1020. The zero-order valence-electron chi connectivity index (χ0n) is 15.1. The van der Waals surface area contributed by atoms with Gasteiger partial charge in [0.1, 0.15) is 5.75 Å². The van der Waals surface area contributed by atoms with Crippen molar-refractivity contribution in [2.75, 3.05) is 6.54 Å². The van der Waals surface area contributed by atoms with E-state index in [4.69, 9.17) is 5.10 Å². The lowest BCUT2D eigenvalue weighted by molar-refractivity contribution is -0.0498. The van der Waals surface area contributed by atoms with Gasteiger partial charge in [-0.05, 0) is 43.3 Å². The zero-order valence-corrected chi connectivity index (χ0v) is 15.9. The summed E-state index contributed by atoms with van der Waals surface area (Å²) in [6.07, 6.45) is 5.12. The fourth-order valence-corrected chi connectivity index (χ4v) is 3.29. The summed E-state index contributed by atoms with van der Waals surface area (Å²) in [4.78, 5) is 9.22. The van der Waals surface area contributed by atoms with Crippen molar-refractivity contribution in [2.45, 2.75) is 13.5 Å². The van der Waals surface area contributed by atoms with Crippen LogP contribution in [0.5, 0.6) is 5.75 Å². The third-order valence-electron chi connectivity index (χ3n) is 3.76. The summed E-state index contributed by atoms with van der Waals surface area (Å²) in [5.41, 5.74) is 3.34. The van der Waals surface area contributed by atoms with E-state index in [9.17, 15) is 8.78 Å². The molecule has 3 rings (SSSR count). The normalized spacial score (nSPS) is 12.4. The van der Waals surface area contributed by atoms with Crippen LogP contribution in [0.25, 0.3) is 11.3 Å². The van der Waals surface area contributed by atoms with E-state index in [1.807, 2.05) is 24.4 Å². The van der Waals surface area contributed by atoms with Crippen LogP contribution in [-0.2, 0) is 0 Å². The maximum Gasteiger partial charge on any atom is 0.387 e. The summed E-state index contributed by atoms with van der Waals surface area (Å²) in [6, 6.07) is 10.2. The van der Waals surface area contributed by atoms with Gasteiger partial charge in [-0.15, -0.1) is 17.9 Å². The molecule has 0 aliphatic carbocycles. The summed E-state index contributed by atoms with van der Waals surface area (Å²) < 4.78 is 30.9. The fourth-order valence-electron chi connectivity index (χ4n) is 2.45. The Morgan fingerprint density at radius 1 is 1.25 bits per heavy atom. The molecule has 0 atom stereocenters. The van der Waals surface area contributed by atoms with Crippen molar-refractivity contribution in [3.8, 4) is 17.0 Å². The Labute approximate surface area is 165 Å². The maximum absolute atomic E-state index is 12.4. The van der Waals surface area contributed by atoms with E-state index in [0.29, 0.717) is 11.3 Å². The molecule has 2 heterocycles. The number of pyridine rings is 1. The molecule has 0 saturated heterocycles. The van der Waals surface area contributed by atoms with E-state index in [-0.39, 0.29) is 5.75 Å². The van der Waals surface area contributed by atoms with Gasteiger partial charge in [0.15, 0.2) is 0 Å². The predicted molar refractivity (Wildman–Crippen MR) is 107 cm³/mol. The van der Waals surface area contributed by atoms with Crippen LogP contribution >= 0.6 is 11.3 Å². The van der Waals surface area contributed by atoms with Gasteiger partial charge in [-0.1, -0.05) is 6.08 Å². The van der Waals surface area contributed by atoms with Gasteiger partial charge in [0.05, 0.1) is 18.0 Å². The molecular weight excluding hydrogens is 382 g/mol. The fraction of sp³-hybridized carbons (Fsp3) is 0.150. The number of ether oxygens (including phenoxy) is 1. The molecule has 0 bridgehead atoms. The number of rotatable bonds is 7. The molecule has 0 spiro atoms. The molecule has 0 saturated carbocycles. The van der Waals surface area contributed by atoms with E-state index in [1.54, 1.807) is 35.3 Å². The van der Waals surface area contributed by atoms with Gasteiger partial charge >= 0.3 is 6.61 Å². The van der Waals surface area contributed by atoms with Gasteiger partial charge < -0.3 is 4.74 Å². The molecule has 0 unspecified atom stereocenters. The van der Waals surface area contributed by atoms with Crippen molar-refractivity contribution < 1.29 is 13.5 Å². The lowest BCUT2D eigenvalue weighted by atomic mass is 10.1. The average molecular weight is 400 g/mol. The summed E-state index contributed by atoms with van der Waals surface area (Å²) in [6.45, 7) is 3.21. The second-order valence-electron chi connectivity index (χ2n) is 5.67. The third-order valence-corrected chi connectivity index (χ3v) is 4.62. The first-order chi connectivity index (χ1) is 13.6. The van der Waals surface area contributed by atoms with Gasteiger partial charge in [-0.3, -0.25) is 9.98 Å². The van der Waals surface area contributed by atoms with Crippen LogP contribution in [0.1, 0.15) is 12.5 Å². The van der Waals surface area contributed by atoms with Gasteiger partial charge in [-0.2, -0.15) is 13.9 Å². The molecule has 0 radical (unpaired) electrons. The molecule has 2 aromatic heterocycles. The molecule has 0 amide bonds. The van der Waals surface area contributed by atoms with Crippen LogP contribution in [0.2, 0.25) is 0 Å². The average Bonchev–Trinajstić information content (AvgIpc) is 3.09. The minimum atomic E-state index is -2.85. The standard InChI is InChI=1S/C20H18F2N4OS/c1-3-10-24-20-26(25-14(2)15-8-11-23-12-9-15)18(13-28-20)16-4-6-17(7-5-16)27-19(21)22/h3-9,11-13,19H,1,10H2,2H3. The molecule has 0 aliphatic heterocycles. The highest BCUT2D eigenvalue weighted by Crippen LogP contribution is 2.24. The third kappa shape index (κ3) is 4.77. The van der Waals surface area contributed by atoms with Crippen LogP contribution < -0.4 is 9.54 Å². The quantitative estimate of drug-likeness (QED) is 0.431. The van der Waals surface area contributed by atoms with Gasteiger partial charge in [-0.25, -0.2) is 4.68 Å². The number of aromatic nitrogens is 2. The van der Waals surface area contributed by atoms with Gasteiger partial charge in [0, 0.05) is 28.9 Å². The first kappa shape index (κ1) is 19.6. The number of benzene rings is 1. The molecule has 5 nitrogen and oxygen atoms in total. The lowest BCUT2D eigenvalue weighted by Gasteiger charge is -2.08. The molecule has 0 fully saturated rings. The highest BCUT2D eigenvalue weighted by atomic mass is 32.1. The topological polar surface area (TPSA) is 51.8 Å². The number of hydrogen-bond donors (Lipinski definition) is 0. The van der Waals surface area contributed by atoms with Crippen LogP contribution in [0.15, 0.2) is 76.9 Å². The second-order valence-corrected chi connectivity index (χ2v) is 6.51. The van der Waals surface area contributed by atoms with Crippen LogP contribution in [-0.4, -0.2) is 28.5 Å². The van der Waals surface area contributed by atoms with Crippen molar-refractivity contribution in [2.24, 2.45) is 10.1 Å². The van der Waals surface area contributed by atoms with Crippen molar-refractivity contribution in [1.29, 1.82) is 0 Å². The summed E-state index contributed by atoms with van der Waals surface area (Å²) in [5, 5.41) is 6.65. The number of thiazole rings is 1. The predicted octanol–water partition coefficient (Wildman–Crippen LogP) is 4.57. The molecule has 8 heteroatoms. The largest absolute Gasteiger partial charge is 0.435 e. The SMILES string of the molecule is C=CCN=c1scc(-c2ccc(OC(F)F)cc2)n1N=C(C)c1ccncc1. The Balaban J connectivity index is 2.05. The van der Waals surface area contributed by atoms with Crippen molar-refractivity contribution in [3.63, 3.8) is 0 Å². The Morgan fingerprint density at radius 3 is 2.61 bits per heavy atom. The van der Waals surface area contributed by atoms with E-state index in [2.05, 4.69) is 21.3 Å². The molecule has 1 aromatic carbocycles. The first-order valence-corrected chi connectivity index (χ1v) is 9.29. The minimum Gasteiger partial charge on any atom is -0.435 e. The Morgan fingerprint density at radius 2 is 1.96 bits per heavy atom. The molecular formula is C20H18F2N4OS.